The molecule has 3 rings (SSSR count). The lowest BCUT2D eigenvalue weighted by Gasteiger charge is -2.40. The first kappa shape index (κ1) is 9.93. The molecule has 0 bridgehead atoms. The van der Waals surface area contributed by atoms with E-state index in [1.807, 2.05) is 0 Å². The van der Waals surface area contributed by atoms with E-state index >= 15 is 0 Å². The van der Waals surface area contributed by atoms with Crippen LogP contribution in [0.1, 0.15) is 19.3 Å². The first-order chi connectivity index (χ1) is 6.96. The minimum atomic E-state index is -2.63. The molecule has 1 spiro atoms. The van der Waals surface area contributed by atoms with Crippen LogP contribution < -0.4 is 5.32 Å². The highest BCUT2D eigenvalue weighted by Crippen LogP contribution is 2.62. The van der Waals surface area contributed by atoms with E-state index in [2.05, 4.69) is 5.32 Å². The molecule has 2 saturated carbocycles. The maximum Gasteiger partial charge on any atom is 0.252 e. The van der Waals surface area contributed by atoms with Crippen LogP contribution in [0.4, 0.5) is 8.78 Å². The van der Waals surface area contributed by atoms with E-state index in [1.165, 1.54) is 0 Å². The largest absolute Gasteiger partial charge is 0.390 e. The number of alkyl halides is 2. The lowest BCUT2D eigenvalue weighted by molar-refractivity contribution is -0.0767. The molecule has 1 saturated heterocycles. The maximum absolute atomic E-state index is 13.0. The third kappa shape index (κ3) is 1.33. The molecule has 3 fully saturated rings. The number of β-amino-alcohol motifs (C(OH)–C–C–N with tert-alkyl or cyclic N) is 1. The second-order valence-corrected chi connectivity index (χ2v) is 5.19. The molecule has 0 aromatic heterocycles. The van der Waals surface area contributed by atoms with Crippen molar-refractivity contribution in [2.75, 3.05) is 6.54 Å². The van der Waals surface area contributed by atoms with Crippen molar-refractivity contribution in [1.82, 2.24) is 5.32 Å². The van der Waals surface area contributed by atoms with Crippen molar-refractivity contribution in [1.29, 1.82) is 0 Å². The van der Waals surface area contributed by atoms with Gasteiger partial charge in [0.2, 0.25) is 0 Å². The normalized spacial score (nSPS) is 50.4. The first-order valence-corrected chi connectivity index (χ1v) is 5.45. The molecular formula is C10H15F2NO2. The second-order valence-electron chi connectivity index (χ2n) is 5.19. The molecule has 5 heteroatoms. The summed E-state index contributed by atoms with van der Waals surface area (Å²) in [4.78, 5) is 0. The molecule has 1 unspecified atom stereocenters. The van der Waals surface area contributed by atoms with Crippen LogP contribution in [0.5, 0.6) is 0 Å². The Hall–Kier alpha value is -0.260. The van der Waals surface area contributed by atoms with E-state index in [1.54, 1.807) is 0 Å². The molecule has 0 amide bonds. The molecule has 1 aliphatic heterocycles. The number of hydrogen-bond acceptors (Lipinski definition) is 3. The minimum absolute atomic E-state index is 0.134. The number of nitrogens with one attached hydrogen (secondary N) is 1. The lowest BCUT2D eigenvalue weighted by Crippen LogP contribution is -2.59. The highest BCUT2D eigenvalue weighted by Gasteiger charge is 2.70. The monoisotopic (exact) mass is 219 g/mol. The predicted octanol–water partition coefficient (Wildman–Crippen LogP) is 0.115. The Morgan fingerprint density at radius 3 is 2.27 bits per heavy atom. The molecule has 3 aliphatic rings. The first-order valence-electron chi connectivity index (χ1n) is 5.45. The molecule has 4 atom stereocenters. The summed E-state index contributed by atoms with van der Waals surface area (Å²) in [7, 11) is 0. The fourth-order valence-corrected chi connectivity index (χ4v) is 3.00. The van der Waals surface area contributed by atoms with E-state index in [-0.39, 0.29) is 12.0 Å². The van der Waals surface area contributed by atoms with Crippen LogP contribution in [0.2, 0.25) is 0 Å². The van der Waals surface area contributed by atoms with Crippen LogP contribution in [-0.4, -0.2) is 40.4 Å². The Kier molecular flexibility index (Phi) is 1.79. The number of hydrogen-bond donors (Lipinski definition) is 3. The van der Waals surface area contributed by atoms with Crippen molar-refractivity contribution in [3.8, 4) is 0 Å². The van der Waals surface area contributed by atoms with Gasteiger partial charge in [-0.05, 0) is 12.8 Å². The Morgan fingerprint density at radius 2 is 1.80 bits per heavy atom. The third-order valence-electron chi connectivity index (χ3n) is 4.16. The number of rotatable bonds is 1. The molecule has 0 aromatic carbocycles. The zero-order valence-corrected chi connectivity index (χ0v) is 8.29. The van der Waals surface area contributed by atoms with Crippen molar-refractivity contribution in [3.05, 3.63) is 0 Å². The summed E-state index contributed by atoms with van der Waals surface area (Å²) in [6, 6.07) is 0. The smallest absolute Gasteiger partial charge is 0.252 e. The lowest BCUT2D eigenvalue weighted by atomic mass is 9.80. The molecular weight excluding hydrogens is 204 g/mol. The van der Waals surface area contributed by atoms with E-state index in [9.17, 15) is 19.0 Å². The SMILES string of the molecule is O[C@H]1[C@H](O)CNC2(CC2)[C@@H]1C1CC1(F)F. The van der Waals surface area contributed by atoms with Crippen molar-refractivity contribution in [2.24, 2.45) is 11.8 Å². The highest BCUT2D eigenvalue weighted by molar-refractivity contribution is 5.19. The van der Waals surface area contributed by atoms with Crippen LogP contribution in [0, 0.1) is 11.8 Å². The van der Waals surface area contributed by atoms with E-state index < -0.39 is 30.0 Å². The Bertz CT molecular complexity index is 291. The van der Waals surface area contributed by atoms with Gasteiger partial charge in [-0.3, -0.25) is 0 Å². The quantitative estimate of drug-likeness (QED) is 0.587. The predicted molar refractivity (Wildman–Crippen MR) is 48.5 cm³/mol. The summed E-state index contributed by atoms with van der Waals surface area (Å²) in [6.07, 6.45) is -0.350. The molecule has 1 heterocycles. The highest BCUT2D eigenvalue weighted by atomic mass is 19.3. The van der Waals surface area contributed by atoms with Gasteiger partial charge in [0.1, 0.15) is 0 Å². The minimum Gasteiger partial charge on any atom is -0.390 e. The average molecular weight is 219 g/mol. The van der Waals surface area contributed by atoms with Crippen molar-refractivity contribution in [2.45, 2.75) is 42.9 Å². The summed E-state index contributed by atoms with van der Waals surface area (Å²) in [5.41, 5.74) is -0.302. The molecule has 3 nitrogen and oxygen atoms in total. The van der Waals surface area contributed by atoms with Gasteiger partial charge in [-0.2, -0.15) is 0 Å². The summed E-state index contributed by atoms with van der Waals surface area (Å²) in [5.74, 6) is -3.84. The van der Waals surface area contributed by atoms with Gasteiger partial charge in [0.05, 0.1) is 12.2 Å². The van der Waals surface area contributed by atoms with Gasteiger partial charge in [0.15, 0.2) is 0 Å². The Labute approximate surface area is 86.5 Å². The number of piperidine rings is 1. The standard InChI is InChI=1S/C10H15F2NO2/c11-10(12)3-5(10)7-8(15)6(14)4-13-9(7)1-2-9/h5-8,13-15H,1-4H2/t5?,6-,7-,8+/m1/s1. The summed E-state index contributed by atoms with van der Waals surface area (Å²) >= 11 is 0. The van der Waals surface area contributed by atoms with Gasteiger partial charge < -0.3 is 15.5 Å². The molecule has 15 heavy (non-hydrogen) atoms. The number of aliphatic hydroxyl groups excluding tert-OH is 2. The van der Waals surface area contributed by atoms with Gasteiger partial charge in [0.25, 0.3) is 5.92 Å². The van der Waals surface area contributed by atoms with Crippen LogP contribution in [-0.2, 0) is 0 Å². The maximum atomic E-state index is 13.0. The molecule has 3 N–H and O–H groups in total. The molecule has 2 aliphatic carbocycles. The Balaban J connectivity index is 1.83. The number of halogens is 2. The van der Waals surface area contributed by atoms with Crippen LogP contribution in [0.15, 0.2) is 0 Å². The van der Waals surface area contributed by atoms with Crippen LogP contribution in [0.25, 0.3) is 0 Å². The zero-order valence-electron chi connectivity index (χ0n) is 8.29. The van der Waals surface area contributed by atoms with E-state index in [0.29, 0.717) is 6.54 Å². The Morgan fingerprint density at radius 1 is 1.20 bits per heavy atom. The molecule has 86 valence electrons. The zero-order chi connectivity index (χ0) is 10.8. The fourth-order valence-electron chi connectivity index (χ4n) is 3.00. The topological polar surface area (TPSA) is 52.5 Å². The molecule has 0 aromatic rings. The van der Waals surface area contributed by atoms with Crippen molar-refractivity contribution >= 4 is 0 Å². The average Bonchev–Trinajstić information content (AvgIpc) is 3.03. The molecule has 0 radical (unpaired) electrons. The number of aliphatic hydroxyl groups is 2. The summed E-state index contributed by atoms with van der Waals surface area (Å²) in [6.45, 7) is 0.315. The van der Waals surface area contributed by atoms with Gasteiger partial charge in [-0.25, -0.2) is 8.78 Å². The van der Waals surface area contributed by atoms with Crippen LogP contribution >= 0.6 is 0 Å². The van der Waals surface area contributed by atoms with E-state index in [4.69, 9.17) is 0 Å². The van der Waals surface area contributed by atoms with Gasteiger partial charge >= 0.3 is 0 Å². The second kappa shape index (κ2) is 2.70. The van der Waals surface area contributed by atoms with Gasteiger partial charge in [-0.1, -0.05) is 0 Å². The van der Waals surface area contributed by atoms with Crippen LogP contribution in [0.3, 0.4) is 0 Å². The van der Waals surface area contributed by atoms with Crippen molar-refractivity contribution < 1.29 is 19.0 Å². The van der Waals surface area contributed by atoms with Crippen molar-refractivity contribution in [3.63, 3.8) is 0 Å². The fraction of sp³-hybridized carbons (Fsp3) is 1.00. The van der Waals surface area contributed by atoms with Gasteiger partial charge in [-0.15, -0.1) is 0 Å². The summed E-state index contributed by atoms with van der Waals surface area (Å²) in [5, 5.41) is 22.4. The van der Waals surface area contributed by atoms with Gasteiger partial charge in [0, 0.05) is 30.3 Å². The van der Waals surface area contributed by atoms with E-state index in [0.717, 1.165) is 12.8 Å². The summed E-state index contributed by atoms with van der Waals surface area (Å²) < 4.78 is 26.1. The third-order valence-corrected chi connectivity index (χ3v) is 4.16.